The van der Waals surface area contributed by atoms with Crippen molar-refractivity contribution in [2.45, 2.75) is 40.2 Å². The maximum Gasteiger partial charge on any atom is 0.270 e. The molecule has 2 N–H and O–H groups in total. The lowest BCUT2D eigenvalue weighted by molar-refractivity contribution is 0.0934. The van der Waals surface area contributed by atoms with Crippen LogP contribution in [-0.4, -0.2) is 45.8 Å². The predicted molar refractivity (Wildman–Crippen MR) is 138 cm³/mol. The summed E-state index contributed by atoms with van der Waals surface area (Å²) in [6.07, 6.45) is 6.18. The number of carbonyl (C=O) groups excluding carboxylic acids is 1. The van der Waals surface area contributed by atoms with E-state index >= 15 is 0 Å². The highest BCUT2D eigenvalue weighted by molar-refractivity contribution is 5.94. The number of hydrogen-bond acceptors (Lipinski definition) is 7. The molecule has 5 rings (SSSR count). The zero-order valence-corrected chi connectivity index (χ0v) is 21.4. The summed E-state index contributed by atoms with van der Waals surface area (Å²) in [5, 5.41) is 14.1. The van der Waals surface area contributed by atoms with Crippen LogP contribution >= 0.6 is 0 Å². The van der Waals surface area contributed by atoms with Gasteiger partial charge in [-0.3, -0.25) is 14.9 Å². The standard InChI is InChI=1S/C27H26FN9O/c1-15-7-20(26-32-16(2)8-22(34-26)10-23-9-17(3)35-36-23)12-30-25(15)27(38)33-18(4)19-5-6-24(29-11-19)37-14-21(28)13-31-37/h5-9,11-14,18H,10H2,1-4H3,(H,33,38)(H,35,36)/t18-/m0/s1. The molecule has 11 heteroatoms. The zero-order valence-electron chi connectivity index (χ0n) is 21.4. The van der Waals surface area contributed by atoms with E-state index < -0.39 is 5.82 Å². The SMILES string of the molecule is Cc1cc(Cc2cc(C)[nH]n2)nc(-c2cnc(C(=O)N[C@@H](C)c3ccc(-n4cc(F)cn4)nc3)c(C)c2)n1. The fourth-order valence-corrected chi connectivity index (χ4v) is 4.10. The summed E-state index contributed by atoms with van der Waals surface area (Å²) in [5.41, 5.74) is 6.12. The van der Waals surface area contributed by atoms with Crippen molar-refractivity contribution in [1.82, 2.24) is 45.2 Å². The number of carbonyl (C=O) groups is 1. The maximum absolute atomic E-state index is 13.2. The molecular weight excluding hydrogens is 485 g/mol. The van der Waals surface area contributed by atoms with Gasteiger partial charge in [0.2, 0.25) is 0 Å². The Morgan fingerprint density at radius 2 is 1.89 bits per heavy atom. The second-order valence-corrected chi connectivity index (χ2v) is 9.18. The molecule has 0 spiro atoms. The van der Waals surface area contributed by atoms with Gasteiger partial charge in [0.25, 0.3) is 5.91 Å². The van der Waals surface area contributed by atoms with Gasteiger partial charge in [0.1, 0.15) is 5.69 Å². The Kier molecular flexibility index (Phi) is 6.73. The molecule has 0 bridgehead atoms. The van der Waals surface area contributed by atoms with Crippen LogP contribution in [0.2, 0.25) is 0 Å². The molecular formula is C27H26FN9O. The van der Waals surface area contributed by atoms with E-state index in [-0.39, 0.29) is 11.9 Å². The average molecular weight is 512 g/mol. The second kappa shape index (κ2) is 10.3. The van der Waals surface area contributed by atoms with E-state index in [2.05, 4.69) is 35.6 Å². The zero-order chi connectivity index (χ0) is 26.8. The van der Waals surface area contributed by atoms with Gasteiger partial charge in [0.15, 0.2) is 17.5 Å². The van der Waals surface area contributed by atoms with Crippen molar-refractivity contribution in [2.24, 2.45) is 0 Å². The number of rotatable bonds is 7. The van der Waals surface area contributed by atoms with Crippen LogP contribution in [0.3, 0.4) is 0 Å². The molecule has 0 aliphatic carbocycles. The summed E-state index contributed by atoms with van der Waals surface area (Å²) >= 11 is 0. The molecule has 5 aromatic heterocycles. The molecule has 0 aliphatic heterocycles. The number of aromatic amines is 1. The number of aromatic nitrogens is 8. The van der Waals surface area contributed by atoms with Gasteiger partial charge < -0.3 is 5.32 Å². The Hall–Kier alpha value is -4.80. The van der Waals surface area contributed by atoms with Gasteiger partial charge in [-0.05, 0) is 63.1 Å². The van der Waals surface area contributed by atoms with E-state index in [1.54, 1.807) is 18.5 Å². The highest BCUT2D eigenvalue weighted by Crippen LogP contribution is 2.20. The van der Waals surface area contributed by atoms with E-state index in [9.17, 15) is 9.18 Å². The van der Waals surface area contributed by atoms with Crippen molar-refractivity contribution in [1.29, 1.82) is 0 Å². The number of halogens is 1. The molecule has 0 aromatic carbocycles. The number of hydrogen-bond donors (Lipinski definition) is 2. The predicted octanol–water partition coefficient (Wildman–Crippen LogP) is 3.99. The first-order chi connectivity index (χ1) is 18.2. The van der Waals surface area contributed by atoms with Gasteiger partial charge in [-0.15, -0.1) is 0 Å². The number of amides is 1. The molecule has 5 aromatic rings. The third-order valence-corrected chi connectivity index (χ3v) is 5.98. The van der Waals surface area contributed by atoms with Gasteiger partial charge in [-0.25, -0.2) is 24.0 Å². The smallest absolute Gasteiger partial charge is 0.270 e. The van der Waals surface area contributed by atoms with Gasteiger partial charge in [-0.1, -0.05) is 6.07 Å². The lowest BCUT2D eigenvalue weighted by Crippen LogP contribution is -2.28. The number of aryl methyl sites for hydroxylation is 3. The van der Waals surface area contributed by atoms with Gasteiger partial charge in [-0.2, -0.15) is 10.2 Å². The Morgan fingerprint density at radius 3 is 2.55 bits per heavy atom. The molecule has 0 fully saturated rings. The minimum absolute atomic E-state index is 0.306. The number of nitrogens with one attached hydrogen (secondary N) is 2. The van der Waals surface area contributed by atoms with Crippen LogP contribution in [0.4, 0.5) is 4.39 Å². The van der Waals surface area contributed by atoms with E-state index in [4.69, 9.17) is 4.98 Å². The van der Waals surface area contributed by atoms with Gasteiger partial charge in [0.05, 0.1) is 29.8 Å². The Morgan fingerprint density at radius 1 is 1.05 bits per heavy atom. The summed E-state index contributed by atoms with van der Waals surface area (Å²) in [4.78, 5) is 31.0. The molecule has 38 heavy (non-hydrogen) atoms. The number of H-pyrrole nitrogens is 1. The fraction of sp³-hybridized carbons (Fsp3) is 0.222. The molecule has 192 valence electrons. The Balaban J connectivity index is 1.29. The highest BCUT2D eigenvalue weighted by atomic mass is 19.1. The molecule has 1 amide bonds. The summed E-state index contributed by atoms with van der Waals surface area (Å²) in [6.45, 7) is 7.56. The summed E-state index contributed by atoms with van der Waals surface area (Å²) in [5.74, 6) is 0.278. The second-order valence-electron chi connectivity index (χ2n) is 9.18. The normalized spacial score (nSPS) is 11.9. The summed E-state index contributed by atoms with van der Waals surface area (Å²) < 4.78 is 14.6. The van der Waals surface area contributed by atoms with Crippen molar-refractivity contribution < 1.29 is 9.18 Å². The molecule has 10 nitrogen and oxygen atoms in total. The van der Waals surface area contributed by atoms with Crippen LogP contribution in [0.5, 0.6) is 0 Å². The number of nitrogens with zero attached hydrogens (tertiary/aromatic N) is 7. The lowest BCUT2D eigenvalue weighted by Gasteiger charge is -2.15. The van der Waals surface area contributed by atoms with Crippen LogP contribution in [0.25, 0.3) is 17.2 Å². The molecule has 0 unspecified atom stereocenters. The lowest BCUT2D eigenvalue weighted by atomic mass is 10.1. The quantitative estimate of drug-likeness (QED) is 0.338. The highest BCUT2D eigenvalue weighted by Gasteiger charge is 2.17. The largest absolute Gasteiger partial charge is 0.344 e. The summed E-state index contributed by atoms with van der Waals surface area (Å²) in [6, 6.07) is 8.99. The van der Waals surface area contributed by atoms with Gasteiger partial charge in [0, 0.05) is 35.8 Å². The van der Waals surface area contributed by atoms with E-state index in [1.165, 1.54) is 10.9 Å². The topological polar surface area (TPSA) is 127 Å². The van der Waals surface area contributed by atoms with E-state index in [0.717, 1.165) is 40.1 Å². The van der Waals surface area contributed by atoms with Crippen LogP contribution in [0.1, 0.15) is 57.4 Å². The Bertz CT molecular complexity index is 1610. The molecule has 0 saturated heterocycles. The van der Waals surface area contributed by atoms with E-state index in [1.807, 2.05) is 52.0 Å². The Labute approximate surface area is 218 Å². The first-order valence-corrected chi connectivity index (χ1v) is 12.0. The first kappa shape index (κ1) is 24.9. The monoisotopic (exact) mass is 511 g/mol. The molecule has 0 radical (unpaired) electrons. The third kappa shape index (κ3) is 5.46. The maximum atomic E-state index is 13.2. The van der Waals surface area contributed by atoms with Crippen molar-refractivity contribution in [3.05, 3.63) is 101 Å². The van der Waals surface area contributed by atoms with Crippen molar-refractivity contribution >= 4 is 5.91 Å². The van der Waals surface area contributed by atoms with Crippen LogP contribution in [0, 0.1) is 26.6 Å². The van der Waals surface area contributed by atoms with Crippen LogP contribution in [-0.2, 0) is 6.42 Å². The van der Waals surface area contributed by atoms with Crippen molar-refractivity contribution in [2.75, 3.05) is 0 Å². The van der Waals surface area contributed by atoms with Crippen LogP contribution < -0.4 is 5.32 Å². The van der Waals surface area contributed by atoms with Crippen molar-refractivity contribution in [3.63, 3.8) is 0 Å². The number of pyridine rings is 2. The van der Waals surface area contributed by atoms with E-state index in [0.29, 0.717) is 29.3 Å². The minimum Gasteiger partial charge on any atom is -0.344 e. The molecule has 5 heterocycles. The summed E-state index contributed by atoms with van der Waals surface area (Å²) in [7, 11) is 0. The molecule has 1 atom stereocenters. The minimum atomic E-state index is -0.441. The van der Waals surface area contributed by atoms with Crippen molar-refractivity contribution in [3.8, 4) is 17.2 Å². The average Bonchev–Trinajstić information content (AvgIpc) is 3.51. The molecule has 0 saturated carbocycles. The first-order valence-electron chi connectivity index (χ1n) is 12.0. The fourth-order valence-electron chi connectivity index (χ4n) is 4.10. The van der Waals surface area contributed by atoms with Crippen LogP contribution in [0.15, 0.2) is 55.1 Å². The third-order valence-electron chi connectivity index (χ3n) is 5.98. The molecule has 0 aliphatic rings. The van der Waals surface area contributed by atoms with Gasteiger partial charge >= 0.3 is 0 Å².